The number of alkyl halides is 1. The van der Waals surface area contributed by atoms with Gasteiger partial charge in [0.1, 0.15) is 5.75 Å². The van der Waals surface area contributed by atoms with Crippen LogP contribution in [0.25, 0.3) is 0 Å². The molecule has 0 aliphatic carbocycles. The van der Waals surface area contributed by atoms with Crippen LogP contribution in [-0.4, -0.2) is 23.5 Å². The van der Waals surface area contributed by atoms with E-state index in [4.69, 9.17) is 4.74 Å². The quantitative estimate of drug-likeness (QED) is 0.370. The molecule has 0 saturated heterocycles. The monoisotopic (exact) mass is 389 g/mol. The van der Waals surface area contributed by atoms with Crippen LogP contribution in [-0.2, 0) is 0 Å². The Morgan fingerprint density at radius 3 is 2.80 bits per heavy atom. The maximum Gasteiger partial charge on any atom is 0.251 e. The fourth-order valence-electron chi connectivity index (χ4n) is 1.82. The molecular weight excluding hydrogens is 365 g/mol. The minimum Gasteiger partial charge on any atom is -0.494 e. The molecule has 0 radical (unpaired) electrons. The van der Waals surface area contributed by atoms with Crippen LogP contribution in [0.3, 0.4) is 0 Å². The van der Waals surface area contributed by atoms with E-state index in [1.165, 1.54) is 23.7 Å². The number of halogens is 1. The van der Waals surface area contributed by atoms with Gasteiger partial charge in [0.25, 0.3) is 5.91 Å². The van der Waals surface area contributed by atoms with Gasteiger partial charge in [0.2, 0.25) is 0 Å². The van der Waals surface area contributed by atoms with Gasteiger partial charge in [-0.15, -0.1) is 0 Å². The Bertz CT molecular complexity index is 396. The molecule has 0 aromatic heterocycles. The van der Waals surface area contributed by atoms with Crippen molar-refractivity contribution in [3.8, 4) is 5.75 Å². The second kappa shape index (κ2) is 10.9. The third kappa shape index (κ3) is 7.12. The summed E-state index contributed by atoms with van der Waals surface area (Å²) in [5.41, 5.74) is 0.672. The number of nitrogens with one attached hydrogen (secondary N) is 1. The number of carbonyl (C=O) groups excluding carboxylic acids is 1. The lowest BCUT2D eigenvalue weighted by Gasteiger charge is -2.08. The molecule has 0 spiro atoms. The third-order valence-electron chi connectivity index (χ3n) is 2.92. The van der Waals surface area contributed by atoms with Gasteiger partial charge in [-0.05, 0) is 41.9 Å². The van der Waals surface area contributed by atoms with Crippen molar-refractivity contribution in [3.05, 3.63) is 29.8 Å². The summed E-state index contributed by atoms with van der Waals surface area (Å²) in [5.74, 6) is 0.752. The summed E-state index contributed by atoms with van der Waals surface area (Å²) < 4.78 is 6.75. The number of carbonyl (C=O) groups is 1. The van der Waals surface area contributed by atoms with E-state index >= 15 is 0 Å². The fraction of sp³-hybridized carbons (Fsp3) is 0.562. The van der Waals surface area contributed by atoms with Crippen molar-refractivity contribution < 1.29 is 9.53 Å². The van der Waals surface area contributed by atoms with E-state index in [-0.39, 0.29) is 5.91 Å². The summed E-state index contributed by atoms with van der Waals surface area (Å²) in [5, 5.41) is 2.96. The third-order valence-corrected chi connectivity index (χ3v) is 3.68. The van der Waals surface area contributed by atoms with Gasteiger partial charge in [-0.1, -0.05) is 48.4 Å². The van der Waals surface area contributed by atoms with Crippen LogP contribution < -0.4 is 10.1 Å². The molecule has 20 heavy (non-hydrogen) atoms. The predicted octanol–water partition coefficient (Wildman–Crippen LogP) is 4.20. The fourth-order valence-corrected chi connectivity index (χ4v) is 2.36. The van der Waals surface area contributed by atoms with Crippen molar-refractivity contribution >= 4 is 28.5 Å². The summed E-state index contributed by atoms with van der Waals surface area (Å²) in [6, 6.07) is 7.38. The highest BCUT2D eigenvalue weighted by molar-refractivity contribution is 14.1. The molecule has 0 atom stereocenters. The highest BCUT2D eigenvalue weighted by Crippen LogP contribution is 2.13. The number of amides is 1. The number of ether oxygens (including phenoxy) is 1. The summed E-state index contributed by atoms with van der Waals surface area (Å²) in [6.07, 6.45) is 5.72. The van der Waals surface area contributed by atoms with Gasteiger partial charge in [-0.2, -0.15) is 0 Å². The first kappa shape index (κ1) is 17.3. The molecule has 0 heterocycles. The lowest BCUT2D eigenvalue weighted by molar-refractivity contribution is 0.0952. The maximum atomic E-state index is 12.0. The lowest BCUT2D eigenvalue weighted by Crippen LogP contribution is -2.24. The first-order valence-electron chi connectivity index (χ1n) is 7.35. The second-order valence-electron chi connectivity index (χ2n) is 4.74. The van der Waals surface area contributed by atoms with E-state index < -0.39 is 0 Å². The molecule has 1 aromatic rings. The van der Waals surface area contributed by atoms with Crippen LogP contribution in [0.5, 0.6) is 5.75 Å². The van der Waals surface area contributed by atoms with Crippen molar-refractivity contribution in [1.29, 1.82) is 0 Å². The Morgan fingerprint density at radius 1 is 1.25 bits per heavy atom. The molecule has 1 amide bonds. The van der Waals surface area contributed by atoms with Crippen LogP contribution >= 0.6 is 22.6 Å². The molecule has 3 nitrogen and oxygen atoms in total. The summed E-state index contributed by atoms with van der Waals surface area (Å²) in [4.78, 5) is 12.0. The average molecular weight is 389 g/mol. The molecule has 0 bridgehead atoms. The van der Waals surface area contributed by atoms with E-state index in [1.54, 1.807) is 6.07 Å². The highest BCUT2D eigenvalue weighted by atomic mass is 127. The number of rotatable bonds is 10. The first-order chi connectivity index (χ1) is 9.77. The molecule has 0 aliphatic heterocycles. The van der Waals surface area contributed by atoms with Crippen LogP contribution in [0, 0.1) is 0 Å². The Hall–Kier alpha value is -0.780. The molecular formula is C16H24INO2. The Labute approximate surface area is 135 Å². The summed E-state index contributed by atoms with van der Waals surface area (Å²) >= 11 is 2.40. The van der Waals surface area contributed by atoms with E-state index in [9.17, 15) is 4.79 Å². The maximum absolute atomic E-state index is 12.0. The zero-order valence-electron chi connectivity index (χ0n) is 12.2. The van der Waals surface area contributed by atoms with E-state index in [0.717, 1.165) is 25.1 Å². The normalized spacial score (nSPS) is 10.3. The largest absolute Gasteiger partial charge is 0.494 e. The van der Waals surface area contributed by atoms with Gasteiger partial charge in [0.05, 0.1) is 6.61 Å². The van der Waals surface area contributed by atoms with E-state index in [2.05, 4.69) is 34.8 Å². The summed E-state index contributed by atoms with van der Waals surface area (Å²) in [6.45, 7) is 3.50. The molecule has 1 N–H and O–H groups in total. The molecule has 0 fully saturated rings. The summed E-state index contributed by atoms with van der Waals surface area (Å²) in [7, 11) is 0. The predicted molar refractivity (Wildman–Crippen MR) is 91.9 cm³/mol. The van der Waals surface area contributed by atoms with Gasteiger partial charge in [0.15, 0.2) is 0 Å². The topological polar surface area (TPSA) is 38.3 Å². The van der Waals surface area contributed by atoms with Crippen LogP contribution in [0.2, 0.25) is 0 Å². The zero-order chi connectivity index (χ0) is 14.6. The number of unbranched alkanes of at least 4 members (excludes halogenated alkanes) is 3. The van der Waals surface area contributed by atoms with Gasteiger partial charge < -0.3 is 10.1 Å². The first-order valence-corrected chi connectivity index (χ1v) is 8.87. The number of benzene rings is 1. The lowest BCUT2D eigenvalue weighted by atomic mass is 10.2. The number of hydrogen-bond acceptors (Lipinski definition) is 2. The van der Waals surface area contributed by atoms with E-state index in [0.29, 0.717) is 12.2 Å². The molecule has 4 heteroatoms. The Morgan fingerprint density at radius 2 is 2.05 bits per heavy atom. The Kier molecular flexibility index (Phi) is 9.45. The Balaban J connectivity index is 2.31. The van der Waals surface area contributed by atoms with Crippen molar-refractivity contribution in [2.24, 2.45) is 0 Å². The molecule has 0 saturated carbocycles. The number of hydrogen-bond donors (Lipinski definition) is 1. The average Bonchev–Trinajstić information content (AvgIpc) is 2.48. The van der Waals surface area contributed by atoms with Gasteiger partial charge in [-0.3, -0.25) is 4.79 Å². The minimum absolute atomic E-state index is 0.0131. The molecule has 1 aromatic carbocycles. The van der Waals surface area contributed by atoms with Crippen LogP contribution in [0.15, 0.2) is 24.3 Å². The van der Waals surface area contributed by atoms with Crippen molar-refractivity contribution in [2.45, 2.75) is 39.0 Å². The van der Waals surface area contributed by atoms with Gasteiger partial charge in [0, 0.05) is 12.1 Å². The molecule has 112 valence electrons. The van der Waals surface area contributed by atoms with E-state index in [1.807, 2.05) is 18.2 Å². The van der Waals surface area contributed by atoms with Crippen molar-refractivity contribution in [1.82, 2.24) is 5.32 Å². The smallest absolute Gasteiger partial charge is 0.251 e. The van der Waals surface area contributed by atoms with Gasteiger partial charge in [-0.25, -0.2) is 0 Å². The standard InChI is InChI=1S/C16H24INO2/c1-2-12-20-15-9-7-8-14(13-15)16(19)18-11-6-4-3-5-10-17/h7-9,13H,2-6,10-12H2,1H3,(H,18,19). The molecule has 0 aliphatic rings. The molecule has 0 unspecified atom stereocenters. The van der Waals surface area contributed by atoms with Crippen molar-refractivity contribution in [2.75, 3.05) is 17.6 Å². The van der Waals surface area contributed by atoms with Crippen LogP contribution in [0.4, 0.5) is 0 Å². The SMILES string of the molecule is CCCOc1cccc(C(=O)NCCCCCCI)c1. The van der Waals surface area contributed by atoms with Crippen molar-refractivity contribution in [3.63, 3.8) is 0 Å². The highest BCUT2D eigenvalue weighted by Gasteiger charge is 2.05. The zero-order valence-corrected chi connectivity index (χ0v) is 14.3. The molecule has 1 rings (SSSR count). The second-order valence-corrected chi connectivity index (χ2v) is 5.81. The van der Waals surface area contributed by atoms with Gasteiger partial charge >= 0.3 is 0 Å². The minimum atomic E-state index is -0.0131. The van der Waals surface area contributed by atoms with Crippen LogP contribution in [0.1, 0.15) is 49.4 Å².